The Labute approximate surface area is 114 Å². The number of amides is 2. The zero-order chi connectivity index (χ0) is 14.9. The van der Waals surface area contributed by atoms with Crippen molar-refractivity contribution in [1.29, 1.82) is 0 Å². The van der Waals surface area contributed by atoms with Gasteiger partial charge in [-0.05, 0) is 11.6 Å². The number of nitro benzene ring substituents is 1. The van der Waals surface area contributed by atoms with Crippen LogP contribution in [0.25, 0.3) is 0 Å². The van der Waals surface area contributed by atoms with Gasteiger partial charge in [0.1, 0.15) is 6.54 Å². The maximum Gasteiger partial charge on any atom is 0.313 e. The van der Waals surface area contributed by atoms with E-state index in [-0.39, 0.29) is 30.4 Å². The van der Waals surface area contributed by atoms with E-state index in [4.69, 9.17) is 4.74 Å². The summed E-state index contributed by atoms with van der Waals surface area (Å²) in [6.45, 7) is 1.47. The van der Waals surface area contributed by atoms with Crippen LogP contribution in [0, 0.1) is 10.1 Å². The maximum absolute atomic E-state index is 11.7. The van der Waals surface area contributed by atoms with E-state index in [0.717, 1.165) is 0 Å². The predicted molar refractivity (Wildman–Crippen MR) is 69.4 cm³/mol. The fourth-order valence-electron chi connectivity index (χ4n) is 2.01. The van der Waals surface area contributed by atoms with Gasteiger partial charge in [-0.15, -0.1) is 0 Å². The SMILES string of the molecule is COc1cc2c(cc1[N+](=O)[O-])NC(=O)CN(C(C)=O)C2. The Balaban J connectivity index is 2.52. The van der Waals surface area contributed by atoms with Gasteiger partial charge >= 0.3 is 5.69 Å². The summed E-state index contributed by atoms with van der Waals surface area (Å²) in [6, 6.07) is 2.71. The number of hydrogen-bond donors (Lipinski definition) is 1. The number of carbonyl (C=O) groups is 2. The molecule has 0 radical (unpaired) electrons. The summed E-state index contributed by atoms with van der Waals surface area (Å²) in [5.74, 6) is -0.544. The maximum atomic E-state index is 11.7. The van der Waals surface area contributed by atoms with Crippen LogP contribution >= 0.6 is 0 Å². The number of fused-ring (bicyclic) bond motifs is 1. The summed E-state index contributed by atoms with van der Waals surface area (Å²) >= 11 is 0. The van der Waals surface area contributed by atoms with E-state index in [1.54, 1.807) is 0 Å². The topological polar surface area (TPSA) is 102 Å². The summed E-state index contributed by atoms with van der Waals surface area (Å²) < 4.78 is 4.98. The highest BCUT2D eigenvalue weighted by Gasteiger charge is 2.25. The van der Waals surface area contributed by atoms with E-state index in [1.807, 2.05) is 0 Å². The molecule has 1 aliphatic heterocycles. The van der Waals surface area contributed by atoms with Crippen molar-refractivity contribution in [2.24, 2.45) is 0 Å². The van der Waals surface area contributed by atoms with Crippen LogP contribution in [0.15, 0.2) is 12.1 Å². The Hall–Kier alpha value is -2.64. The van der Waals surface area contributed by atoms with Crippen molar-refractivity contribution in [2.45, 2.75) is 13.5 Å². The van der Waals surface area contributed by atoms with E-state index < -0.39 is 10.8 Å². The molecule has 0 saturated carbocycles. The van der Waals surface area contributed by atoms with Gasteiger partial charge in [-0.25, -0.2) is 0 Å². The zero-order valence-electron chi connectivity index (χ0n) is 11.0. The first-order valence-electron chi connectivity index (χ1n) is 5.83. The van der Waals surface area contributed by atoms with Crippen molar-refractivity contribution in [2.75, 3.05) is 19.0 Å². The number of carbonyl (C=O) groups excluding carboxylic acids is 2. The third-order valence-electron chi connectivity index (χ3n) is 3.02. The van der Waals surface area contributed by atoms with Crippen molar-refractivity contribution in [3.8, 4) is 5.75 Å². The Morgan fingerprint density at radius 2 is 2.15 bits per heavy atom. The van der Waals surface area contributed by atoms with E-state index in [0.29, 0.717) is 11.3 Å². The summed E-state index contributed by atoms with van der Waals surface area (Å²) in [7, 11) is 1.33. The Bertz CT molecular complexity index is 599. The smallest absolute Gasteiger partial charge is 0.313 e. The van der Waals surface area contributed by atoms with Gasteiger partial charge in [-0.3, -0.25) is 19.7 Å². The van der Waals surface area contributed by atoms with Crippen LogP contribution < -0.4 is 10.1 Å². The molecular formula is C12H13N3O5. The average molecular weight is 279 g/mol. The van der Waals surface area contributed by atoms with Crippen molar-refractivity contribution < 1.29 is 19.2 Å². The first-order chi connectivity index (χ1) is 9.42. The molecule has 0 aromatic heterocycles. The van der Waals surface area contributed by atoms with Crippen molar-refractivity contribution in [3.05, 3.63) is 27.8 Å². The van der Waals surface area contributed by atoms with Crippen molar-refractivity contribution >= 4 is 23.2 Å². The van der Waals surface area contributed by atoms with Gasteiger partial charge in [0.15, 0.2) is 5.75 Å². The Morgan fingerprint density at radius 3 is 2.70 bits per heavy atom. The largest absolute Gasteiger partial charge is 0.490 e. The molecule has 1 aromatic carbocycles. The van der Waals surface area contributed by atoms with E-state index in [2.05, 4.69) is 5.32 Å². The molecule has 0 fully saturated rings. The Morgan fingerprint density at radius 1 is 1.45 bits per heavy atom. The molecule has 0 unspecified atom stereocenters. The van der Waals surface area contributed by atoms with Crippen LogP contribution in [0.1, 0.15) is 12.5 Å². The first-order valence-corrected chi connectivity index (χ1v) is 5.83. The number of methoxy groups -OCH3 is 1. The second kappa shape index (κ2) is 5.16. The van der Waals surface area contributed by atoms with Crippen LogP contribution in [0.5, 0.6) is 5.75 Å². The van der Waals surface area contributed by atoms with Crippen LogP contribution in [-0.2, 0) is 16.1 Å². The molecule has 1 N–H and O–H groups in total. The highest BCUT2D eigenvalue weighted by Crippen LogP contribution is 2.34. The second-order valence-electron chi connectivity index (χ2n) is 4.36. The number of hydrogen-bond acceptors (Lipinski definition) is 5. The lowest BCUT2D eigenvalue weighted by Crippen LogP contribution is -2.33. The molecule has 0 saturated heterocycles. The quantitative estimate of drug-likeness (QED) is 0.640. The molecule has 20 heavy (non-hydrogen) atoms. The number of nitro groups is 1. The van der Waals surface area contributed by atoms with Gasteiger partial charge in [0.2, 0.25) is 11.8 Å². The highest BCUT2D eigenvalue weighted by atomic mass is 16.6. The standard InChI is InChI=1S/C12H13N3O5/c1-7(16)14-5-8-3-11(20-2)10(15(18)19)4-9(8)13-12(17)6-14/h3-4H,5-6H2,1-2H3,(H,13,17). The molecule has 0 aliphatic carbocycles. The molecule has 0 bridgehead atoms. The molecule has 1 heterocycles. The normalized spacial score (nSPS) is 14.1. The van der Waals surface area contributed by atoms with Gasteiger partial charge in [0.25, 0.3) is 0 Å². The first kappa shape index (κ1) is 13.8. The average Bonchev–Trinajstić information content (AvgIpc) is 2.54. The van der Waals surface area contributed by atoms with E-state index in [9.17, 15) is 19.7 Å². The summed E-state index contributed by atoms with van der Waals surface area (Å²) in [4.78, 5) is 34.9. The molecule has 1 aromatic rings. The highest BCUT2D eigenvalue weighted by molar-refractivity contribution is 5.96. The van der Waals surface area contributed by atoms with E-state index >= 15 is 0 Å². The molecule has 0 atom stereocenters. The number of ether oxygens (including phenoxy) is 1. The van der Waals surface area contributed by atoms with Crippen LogP contribution in [-0.4, -0.2) is 35.3 Å². The molecule has 8 nitrogen and oxygen atoms in total. The molecule has 0 spiro atoms. The fraction of sp³-hybridized carbons (Fsp3) is 0.333. The number of benzene rings is 1. The second-order valence-corrected chi connectivity index (χ2v) is 4.36. The lowest BCUT2D eigenvalue weighted by atomic mass is 10.1. The minimum atomic E-state index is -0.584. The predicted octanol–water partition coefficient (Wildman–Crippen LogP) is 0.904. The molecular weight excluding hydrogens is 266 g/mol. The van der Waals surface area contributed by atoms with Crippen LogP contribution in [0.3, 0.4) is 0 Å². The van der Waals surface area contributed by atoms with Gasteiger partial charge in [-0.2, -0.15) is 0 Å². The molecule has 2 amide bonds. The monoisotopic (exact) mass is 279 g/mol. The van der Waals surface area contributed by atoms with Gasteiger partial charge in [-0.1, -0.05) is 0 Å². The summed E-state index contributed by atoms with van der Waals surface area (Å²) in [6.07, 6.45) is 0. The minimum Gasteiger partial charge on any atom is -0.490 e. The zero-order valence-corrected chi connectivity index (χ0v) is 11.0. The summed E-state index contributed by atoms with van der Waals surface area (Å²) in [5.41, 5.74) is 0.683. The van der Waals surface area contributed by atoms with Gasteiger partial charge < -0.3 is 15.0 Å². The van der Waals surface area contributed by atoms with Gasteiger partial charge in [0.05, 0.1) is 17.7 Å². The van der Waals surface area contributed by atoms with Crippen molar-refractivity contribution in [1.82, 2.24) is 4.90 Å². The van der Waals surface area contributed by atoms with Crippen LogP contribution in [0.4, 0.5) is 11.4 Å². The number of nitrogens with zero attached hydrogens (tertiary/aromatic N) is 2. The van der Waals surface area contributed by atoms with Crippen LogP contribution in [0.2, 0.25) is 0 Å². The minimum absolute atomic E-state index is 0.0832. The summed E-state index contributed by atoms with van der Waals surface area (Å²) in [5, 5.41) is 13.5. The molecule has 106 valence electrons. The third kappa shape index (κ3) is 2.53. The molecule has 2 rings (SSSR count). The lowest BCUT2D eigenvalue weighted by molar-refractivity contribution is -0.385. The molecule has 1 aliphatic rings. The van der Waals surface area contributed by atoms with Gasteiger partial charge in [0, 0.05) is 19.5 Å². The van der Waals surface area contributed by atoms with E-state index in [1.165, 1.54) is 31.1 Å². The van der Waals surface area contributed by atoms with Crippen molar-refractivity contribution in [3.63, 3.8) is 0 Å². The number of rotatable bonds is 2. The lowest BCUT2D eigenvalue weighted by Gasteiger charge is -2.17. The number of nitrogens with one attached hydrogen (secondary N) is 1. The molecule has 8 heteroatoms. The Kier molecular flexibility index (Phi) is 3.55. The number of anilines is 1. The third-order valence-corrected chi connectivity index (χ3v) is 3.02. The fourth-order valence-corrected chi connectivity index (χ4v) is 2.01.